The van der Waals surface area contributed by atoms with E-state index in [1.54, 1.807) is 7.11 Å². The van der Waals surface area contributed by atoms with Crippen LogP contribution in [-0.2, 0) is 6.61 Å². The lowest BCUT2D eigenvalue weighted by atomic mass is 10.1. The van der Waals surface area contributed by atoms with E-state index in [9.17, 15) is 0 Å². The molecule has 4 aromatic rings. The smallest absolute Gasteiger partial charge is 0.161 e. The van der Waals surface area contributed by atoms with Crippen molar-refractivity contribution in [2.75, 3.05) is 7.11 Å². The zero-order valence-corrected chi connectivity index (χ0v) is 16.1. The largest absolute Gasteiger partial charge is 0.493 e. The molecule has 1 N–H and O–H groups in total. The van der Waals surface area contributed by atoms with Gasteiger partial charge in [0.2, 0.25) is 0 Å². The third kappa shape index (κ3) is 4.02. The van der Waals surface area contributed by atoms with Crippen molar-refractivity contribution in [3.8, 4) is 34.1 Å². The fourth-order valence-corrected chi connectivity index (χ4v) is 3.03. The molecule has 4 rings (SSSR count). The second-order valence-electron chi connectivity index (χ2n) is 6.29. The number of rotatable bonds is 6. The van der Waals surface area contributed by atoms with Gasteiger partial charge in [0.25, 0.3) is 0 Å². The van der Waals surface area contributed by atoms with E-state index in [-0.39, 0.29) is 0 Å². The van der Waals surface area contributed by atoms with Crippen LogP contribution < -0.4 is 9.47 Å². The van der Waals surface area contributed by atoms with E-state index >= 15 is 0 Å². The van der Waals surface area contributed by atoms with Crippen LogP contribution in [0.3, 0.4) is 0 Å². The second-order valence-corrected chi connectivity index (χ2v) is 6.73. The Morgan fingerprint density at radius 2 is 1.68 bits per heavy atom. The molecule has 0 saturated carbocycles. The van der Waals surface area contributed by atoms with Crippen molar-refractivity contribution in [2.45, 2.75) is 6.61 Å². The van der Waals surface area contributed by atoms with E-state index in [1.807, 2.05) is 79.0 Å². The Kier molecular flexibility index (Phi) is 5.31. The monoisotopic (exact) mass is 390 g/mol. The maximum atomic E-state index is 5.93. The molecular formula is C23H19ClN2O2. The number of imidazole rings is 1. The number of halogens is 1. The minimum absolute atomic E-state index is 0.440. The summed E-state index contributed by atoms with van der Waals surface area (Å²) in [5.74, 6) is 2.18. The molecule has 0 bridgehead atoms. The highest BCUT2D eigenvalue weighted by atomic mass is 35.5. The molecule has 0 atom stereocenters. The number of benzene rings is 3. The molecule has 0 radical (unpaired) electrons. The van der Waals surface area contributed by atoms with E-state index in [1.165, 1.54) is 0 Å². The van der Waals surface area contributed by atoms with E-state index in [4.69, 9.17) is 21.1 Å². The van der Waals surface area contributed by atoms with E-state index in [0.717, 1.165) is 28.2 Å². The van der Waals surface area contributed by atoms with Gasteiger partial charge in [0.1, 0.15) is 12.4 Å². The third-order valence-electron chi connectivity index (χ3n) is 4.41. The van der Waals surface area contributed by atoms with Crippen molar-refractivity contribution >= 4 is 11.6 Å². The molecule has 0 amide bonds. The maximum absolute atomic E-state index is 5.93. The molecule has 3 aromatic carbocycles. The molecule has 0 aliphatic heterocycles. The Morgan fingerprint density at radius 1 is 0.893 bits per heavy atom. The van der Waals surface area contributed by atoms with Crippen molar-refractivity contribution in [1.29, 1.82) is 0 Å². The molecule has 4 nitrogen and oxygen atoms in total. The first kappa shape index (κ1) is 18.1. The number of hydrogen-bond donors (Lipinski definition) is 1. The van der Waals surface area contributed by atoms with Crippen LogP contribution in [0.15, 0.2) is 79.0 Å². The zero-order valence-electron chi connectivity index (χ0n) is 15.4. The Bertz CT molecular complexity index is 1060. The van der Waals surface area contributed by atoms with Crippen molar-refractivity contribution in [3.63, 3.8) is 0 Å². The van der Waals surface area contributed by atoms with Crippen LogP contribution in [0.5, 0.6) is 11.5 Å². The molecule has 0 unspecified atom stereocenters. The summed E-state index contributed by atoms with van der Waals surface area (Å²) in [4.78, 5) is 7.85. The van der Waals surface area contributed by atoms with Crippen molar-refractivity contribution < 1.29 is 9.47 Å². The van der Waals surface area contributed by atoms with Gasteiger partial charge in [-0.25, -0.2) is 4.98 Å². The van der Waals surface area contributed by atoms with Crippen LogP contribution in [0.2, 0.25) is 5.02 Å². The van der Waals surface area contributed by atoms with Gasteiger partial charge in [-0.15, -0.1) is 0 Å². The lowest BCUT2D eigenvalue weighted by molar-refractivity contribution is 0.284. The second kappa shape index (κ2) is 8.19. The van der Waals surface area contributed by atoms with Crippen LogP contribution >= 0.6 is 11.6 Å². The molecule has 0 fully saturated rings. The summed E-state index contributed by atoms with van der Waals surface area (Å²) in [6.45, 7) is 0.440. The average molecular weight is 391 g/mol. The molecular weight excluding hydrogens is 372 g/mol. The minimum Gasteiger partial charge on any atom is -0.493 e. The van der Waals surface area contributed by atoms with Gasteiger partial charge in [-0.05, 0) is 35.9 Å². The number of nitrogens with zero attached hydrogens (tertiary/aromatic N) is 1. The summed E-state index contributed by atoms with van der Waals surface area (Å²) in [5, 5.41) is 0.708. The predicted molar refractivity (Wildman–Crippen MR) is 112 cm³/mol. The Labute approximate surface area is 168 Å². The summed E-state index contributed by atoms with van der Waals surface area (Å²) < 4.78 is 11.5. The lowest BCUT2D eigenvalue weighted by Gasteiger charge is -2.12. The summed E-state index contributed by atoms with van der Waals surface area (Å²) in [6.07, 6.45) is 1.82. The number of H-pyrrole nitrogens is 1. The fraction of sp³-hybridized carbons (Fsp3) is 0.0870. The highest BCUT2D eigenvalue weighted by Gasteiger charge is 2.10. The lowest BCUT2D eigenvalue weighted by Crippen LogP contribution is -1.98. The van der Waals surface area contributed by atoms with Crippen LogP contribution in [0.25, 0.3) is 22.6 Å². The fourth-order valence-electron chi connectivity index (χ4n) is 2.91. The van der Waals surface area contributed by atoms with Gasteiger partial charge in [-0.1, -0.05) is 54.1 Å². The number of nitrogens with one attached hydrogen (secondary N) is 1. The summed E-state index contributed by atoms with van der Waals surface area (Å²) >= 11 is 5.92. The van der Waals surface area contributed by atoms with Crippen molar-refractivity contribution in [1.82, 2.24) is 9.97 Å². The number of methoxy groups -OCH3 is 1. The van der Waals surface area contributed by atoms with Gasteiger partial charge < -0.3 is 14.5 Å². The van der Waals surface area contributed by atoms with Crippen molar-refractivity contribution in [3.05, 3.63) is 89.6 Å². The quantitative estimate of drug-likeness (QED) is 0.440. The van der Waals surface area contributed by atoms with Gasteiger partial charge in [0.05, 0.1) is 19.0 Å². The van der Waals surface area contributed by atoms with Crippen LogP contribution in [0.1, 0.15) is 5.56 Å². The SMILES string of the molecule is COc1cc(-c2cnc(-c3ccccc3)[nH]2)ccc1OCc1ccc(Cl)cc1. The van der Waals surface area contributed by atoms with Gasteiger partial charge in [0.15, 0.2) is 11.5 Å². The Hall–Kier alpha value is -3.24. The van der Waals surface area contributed by atoms with E-state index in [0.29, 0.717) is 23.1 Å². The molecule has 1 aromatic heterocycles. The van der Waals surface area contributed by atoms with E-state index < -0.39 is 0 Å². The number of ether oxygens (including phenoxy) is 2. The Balaban J connectivity index is 1.53. The molecule has 140 valence electrons. The predicted octanol–water partition coefficient (Wildman–Crippen LogP) is 5.98. The molecule has 0 spiro atoms. The van der Waals surface area contributed by atoms with Crippen LogP contribution in [0.4, 0.5) is 0 Å². The number of hydrogen-bond acceptors (Lipinski definition) is 3. The topological polar surface area (TPSA) is 47.1 Å². The molecule has 28 heavy (non-hydrogen) atoms. The highest BCUT2D eigenvalue weighted by Crippen LogP contribution is 2.33. The van der Waals surface area contributed by atoms with Gasteiger partial charge >= 0.3 is 0 Å². The maximum Gasteiger partial charge on any atom is 0.161 e. The first-order valence-electron chi connectivity index (χ1n) is 8.89. The van der Waals surface area contributed by atoms with Gasteiger partial charge in [-0.2, -0.15) is 0 Å². The normalized spacial score (nSPS) is 10.6. The van der Waals surface area contributed by atoms with Gasteiger partial charge in [-0.3, -0.25) is 0 Å². The average Bonchev–Trinajstić information content (AvgIpc) is 3.24. The summed E-state index contributed by atoms with van der Waals surface area (Å²) in [7, 11) is 1.64. The molecule has 5 heteroatoms. The molecule has 1 heterocycles. The van der Waals surface area contributed by atoms with Crippen LogP contribution in [0, 0.1) is 0 Å². The first-order chi connectivity index (χ1) is 13.7. The summed E-state index contributed by atoms with van der Waals surface area (Å²) in [6, 6.07) is 23.5. The first-order valence-corrected chi connectivity index (χ1v) is 9.27. The Morgan fingerprint density at radius 3 is 2.43 bits per heavy atom. The van der Waals surface area contributed by atoms with E-state index in [2.05, 4.69) is 9.97 Å². The minimum atomic E-state index is 0.440. The standard InChI is InChI=1S/C23H19ClN2O2/c1-27-22-13-18(20-14-25-23(26-20)17-5-3-2-4-6-17)9-12-21(22)28-15-16-7-10-19(24)11-8-16/h2-14H,15H2,1H3,(H,25,26). The molecule has 0 aliphatic rings. The van der Waals surface area contributed by atoms with Crippen LogP contribution in [-0.4, -0.2) is 17.1 Å². The third-order valence-corrected chi connectivity index (χ3v) is 4.66. The summed E-state index contributed by atoms with van der Waals surface area (Å²) in [5.41, 5.74) is 3.98. The van der Waals surface area contributed by atoms with Gasteiger partial charge in [0, 0.05) is 16.1 Å². The van der Waals surface area contributed by atoms with Crippen molar-refractivity contribution in [2.24, 2.45) is 0 Å². The zero-order chi connectivity index (χ0) is 19.3. The highest BCUT2D eigenvalue weighted by molar-refractivity contribution is 6.30. The molecule has 0 aliphatic carbocycles. The number of aromatic nitrogens is 2. The number of aromatic amines is 1. The molecule has 0 saturated heterocycles.